The Balaban J connectivity index is 1.80. The molecule has 0 radical (unpaired) electrons. The molecule has 0 spiro atoms. The second-order valence-electron chi connectivity index (χ2n) is 5.30. The van der Waals surface area contributed by atoms with Gasteiger partial charge >= 0.3 is 0 Å². The number of nitrogens with zero attached hydrogens (tertiary/aromatic N) is 1. The number of methoxy groups -OCH3 is 1. The maximum absolute atomic E-state index is 12.7. The molecule has 1 aromatic heterocycles. The summed E-state index contributed by atoms with van der Waals surface area (Å²) >= 11 is 1.50. The summed E-state index contributed by atoms with van der Waals surface area (Å²) in [6, 6.07) is 14.3. The Kier molecular flexibility index (Phi) is 4.36. The number of ether oxygens (including phenoxy) is 1. The van der Waals surface area contributed by atoms with Gasteiger partial charge in [-0.2, -0.15) is 0 Å². The summed E-state index contributed by atoms with van der Waals surface area (Å²) in [5.74, 6) is 0.130. The molecule has 0 aliphatic carbocycles. The largest absolute Gasteiger partial charge is 0.379 e. The molecule has 1 aliphatic rings. The third-order valence-corrected chi connectivity index (χ3v) is 4.93. The van der Waals surface area contributed by atoms with E-state index in [2.05, 4.69) is 12.1 Å². The van der Waals surface area contributed by atoms with Gasteiger partial charge in [-0.05, 0) is 29.9 Å². The third-order valence-electron chi connectivity index (χ3n) is 4.07. The predicted molar refractivity (Wildman–Crippen MR) is 84.7 cm³/mol. The Hall–Kier alpha value is -1.65. The zero-order valence-electron chi connectivity index (χ0n) is 12.1. The number of carbonyl (C=O) groups is 1. The van der Waals surface area contributed by atoms with Gasteiger partial charge in [0.1, 0.15) is 0 Å². The van der Waals surface area contributed by atoms with Crippen molar-refractivity contribution in [2.75, 3.05) is 13.7 Å². The van der Waals surface area contributed by atoms with Crippen LogP contribution in [0.2, 0.25) is 0 Å². The number of rotatable bonds is 4. The highest BCUT2D eigenvalue weighted by Gasteiger charge is 2.37. The van der Waals surface area contributed by atoms with E-state index in [1.165, 1.54) is 16.9 Å². The van der Waals surface area contributed by atoms with Crippen LogP contribution in [-0.2, 0) is 11.2 Å². The van der Waals surface area contributed by atoms with Crippen LogP contribution < -0.4 is 0 Å². The molecule has 0 bridgehead atoms. The molecule has 0 saturated carbocycles. The number of amides is 1. The maximum Gasteiger partial charge on any atom is 0.264 e. The van der Waals surface area contributed by atoms with Crippen LogP contribution in [0.1, 0.15) is 21.7 Å². The van der Waals surface area contributed by atoms with E-state index in [4.69, 9.17) is 4.74 Å². The zero-order chi connectivity index (χ0) is 14.7. The molecule has 110 valence electrons. The fraction of sp³-hybridized carbons (Fsp3) is 0.353. The molecule has 2 atom stereocenters. The van der Waals surface area contributed by atoms with E-state index in [-0.39, 0.29) is 18.1 Å². The number of carbonyl (C=O) groups excluding carboxylic acids is 1. The predicted octanol–water partition coefficient (Wildman–Crippen LogP) is 3.22. The van der Waals surface area contributed by atoms with E-state index in [0.29, 0.717) is 0 Å². The lowest BCUT2D eigenvalue weighted by atomic mass is 10.0. The van der Waals surface area contributed by atoms with Crippen molar-refractivity contribution < 1.29 is 9.53 Å². The van der Waals surface area contributed by atoms with E-state index in [1.54, 1.807) is 7.11 Å². The summed E-state index contributed by atoms with van der Waals surface area (Å²) < 4.78 is 5.60. The van der Waals surface area contributed by atoms with Gasteiger partial charge in [0.05, 0.1) is 17.0 Å². The van der Waals surface area contributed by atoms with E-state index < -0.39 is 0 Å². The number of likely N-dealkylation sites (tertiary alicyclic amines) is 1. The Morgan fingerprint density at radius 1 is 1.29 bits per heavy atom. The smallest absolute Gasteiger partial charge is 0.264 e. The Labute approximate surface area is 129 Å². The van der Waals surface area contributed by atoms with Gasteiger partial charge in [0, 0.05) is 13.7 Å². The molecule has 2 aromatic rings. The van der Waals surface area contributed by atoms with Crippen LogP contribution in [0, 0.1) is 0 Å². The van der Waals surface area contributed by atoms with E-state index in [9.17, 15) is 4.79 Å². The van der Waals surface area contributed by atoms with Crippen molar-refractivity contribution in [2.24, 2.45) is 0 Å². The molecule has 1 amide bonds. The molecule has 0 unspecified atom stereocenters. The average Bonchev–Trinajstić information content (AvgIpc) is 3.17. The molecule has 1 aliphatic heterocycles. The molecule has 2 heterocycles. The lowest BCUT2D eigenvalue weighted by molar-refractivity contribution is 0.0512. The van der Waals surface area contributed by atoms with Crippen molar-refractivity contribution in [3.05, 3.63) is 58.3 Å². The van der Waals surface area contributed by atoms with Crippen molar-refractivity contribution in [2.45, 2.75) is 25.0 Å². The monoisotopic (exact) mass is 301 g/mol. The van der Waals surface area contributed by atoms with Crippen LogP contribution >= 0.6 is 11.3 Å². The molecule has 21 heavy (non-hydrogen) atoms. The standard InChI is InChI=1S/C17H19NO2S/c1-20-15-9-10-18(17(19)16-8-5-11-21-16)14(15)12-13-6-3-2-4-7-13/h2-8,11,14-15H,9-10,12H2,1H3/t14-,15-/m1/s1. The number of benzene rings is 1. The van der Waals surface area contributed by atoms with Gasteiger partial charge in [0.2, 0.25) is 0 Å². The molecule has 0 N–H and O–H groups in total. The summed E-state index contributed by atoms with van der Waals surface area (Å²) in [5, 5.41) is 1.95. The van der Waals surface area contributed by atoms with Gasteiger partial charge in [0.15, 0.2) is 0 Å². The lowest BCUT2D eigenvalue weighted by Gasteiger charge is -2.27. The molecule has 1 saturated heterocycles. The highest BCUT2D eigenvalue weighted by atomic mass is 32.1. The van der Waals surface area contributed by atoms with Crippen LogP contribution in [0.3, 0.4) is 0 Å². The van der Waals surface area contributed by atoms with Crippen LogP contribution in [-0.4, -0.2) is 36.6 Å². The lowest BCUT2D eigenvalue weighted by Crippen LogP contribution is -2.41. The Morgan fingerprint density at radius 3 is 2.76 bits per heavy atom. The quantitative estimate of drug-likeness (QED) is 0.868. The minimum absolute atomic E-state index is 0.118. The van der Waals surface area contributed by atoms with E-state index in [0.717, 1.165) is 24.3 Å². The summed E-state index contributed by atoms with van der Waals surface area (Å²) in [6.07, 6.45) is 1.87. The summed E-state index contributed by atoms with van der Waals surface area (Å²) in [5.41, 5.74) is 1.25. The van der Waals surface area contributed by atoms with Crippen molar-refractivity contribution in [1.29, 1.82) is 0 Å². The van der Waals surface area contributed by atoms with E-state index in [1.807, 2.05) is 40.6 Å². The third kappa shape index (κ3) is 3.01. The molecule has 4 heteroatoms. The first-order valence-electron chi connectivity index (χ1n) is 7.21. The summed E-state index contributed by atoms with van der Waals surface area (Å²) in [4.78, 5) is 15.4. The second-order valence-corrected chi connectivity index (χ2v) is 6.24. The van der Waals surface area contributed by atoms with Crippen LogP contribution in [0.15, 0.2) is 47.8 Å². The topological polar surface area (TPSA) is 29.5 Å². The van der Waals surface area contributed by atoms with E-state index >= 15 is 0 Å². The highest BCUT2D eigenvalue weighted by Crippen LogP contribution is 2.26. The first-order valence-corrected chi connectivity index (χ1v) is 8.08. The fourth-order valence-electron chi connectivity index (χ4n) is 2.99. The molecular weight excluding hydrogens is 282 g/mol. The van der Waals surface area contributed by atoms with Crippen LogP contribution in [0.4, 0.5) is 0 Å². The fourth-order valence-corrected chi connectivity index (χ4v) is 3.67. The first kappa shape index (κ1) is 14.3. The molecule has 1 fully saturated rings. The first-order chi connectivity index (χ1) is 10.3. The Morgan fingerprint density at radius 2 is 2.10 bits per heavy atom. The van der Waals surface area contributed by atoms with Gasteiger partial charge in [-0.1, -0.05) is 36.4 Å². The van der Waals surface area contributed by atoms with Crippen LogP contribution in [0.25, 0.3) is 0 Å². The van der Waals surface area contributed by atoms with Crippen molar-refractivity contribution in [1.82, 2.24) is 4.90 Å². The molecule has 1 aromatic carbocycles. The van der Waals surface area contributed by atoms with Crippen molar-refractivity contribution in [3.63, 3.8) is 0 Å². The Bertz CT molecular complexity index is 582. The second kappa shape index (κ2) is 6.41. The van der Waals surface area contributed by atoms with Crippen LogP contribution in [0.5, 0.6) is 0 Å². The van der Waals surface area contributed by atoms with Gasteiger partial charge < -0.3 is 9.64 Å². The minimum atomic E-state index is 0.118. The van der Waals surface area contributed by atoms with Gasteiger partial charge in [0.25, 0.3) is 5.91 Å². The number of hydrogen-bond donors (Lipinski definition) is 0. The molecular formula is C17H19NO2S. The van der Waals surface area contributed by atoms with Gasteiger partial charge in [-0.15, -0.1) is 11.3 Å². The van der Waals surface area contributed by atoms with Crippen molar-refractivity contribution in [3.8, 4) is 0 Å². The van der Waals surface area contributed by atoms with Gasteiger partial charge in [-0.25, -0.2) is 0 Å². The molecule has 3 rings (SSSR count). The summed E-state index contributed by atoms with van der Waals surface area (Å²) in [6.45, 7) is 0.771. The van der Waals surface area contributed by atoms with Gasteiger partial charge in [-0.3, -0.25) is 4.79 Å². The number of hydrogen-bond acceptors (Lipinski definition) is 3. The average molecular weight is 301 g/mol. The maximum atomic E-state index is 12.7. The number of thiophene rings is 1. The SMILES string of the molecule is CO[C@@H]1CCN(C(=O)c2cccs2)[C@@H]1Cc1ccccc1. The normalized spacial score (nSPS) is 21.7. The zero-order valence-corrected chi connectivity index (χ0v) is 12.9. The molecule has 3 nitrogen and oxygen atoms in total. The summed E-state index contributed by atoms with van der Waals surface area (Å²) in [7, 11) is 1.74. The highest BCUT2D eigenvalue weighted by molar-refractivity contribution is 7.12. The minimum Gasteiger partial charge on any atom is -0.379 e. The van der Waals surface area contributed by atoms with Crippen molar-refractivity contribution >= 4 is 17.2 Å².